The molecular formula is C15H22N2O6S. The SMILES string of the molecule is Cc1oc(S(=O)(=O)N(C)C)cc1C(=O)N1CC(C(=O)O)CCC1C. The molecule has 1 aliphatic rings. The number of piperidine rings is 1. The maximum atomic E-state index is 12.8. The minimum Gasteiger partial charge on any atom is -0.481 e. The number of aliphatic carboxylic acids is 1. The summed E-state index contributed by atoms with van der Waals surface area (Å²) in [4.78, 5) is 25.5. The largest absolute Gasteiger partial charge is 0.481 e. The summed E-state index contributed by atoms with van der Waals surface area (Å²) in [5.74, 6) is -1.75. The number of carbonyl (C=O) groups excluding carboxylic acids is 1. The highest BCUT2D eigenvalue weighted by molar-refractivity contribution is 7.88. The fraction of sp³-hybridized carbons (Fsp3) is 0.600. The van der Waals surface area contributed by atoms with E-state index in [-0.39, 0.29) is 29.0 Å². The monoisotopic (exact) mass is 358 g/mol. The maximum Gasteiger partial charge on any atom is 0.308 e. The van der Waals surface area contributed by atoms with Crippen molar-refractivity contribution in [2.45, 2.75) is 37.8 Å². The second-order valence-corrected chi connectivity index (χ2v) is 8.32. The molecule has 0 bridgehead atoms. The van der Waals surface area contributed by atoms with E-state index < -0.39 is 27.8 Å². The highest BCUT2D eigenvalue weighted by Crippen LogP contribution is 2.27. The summed E-state index contributed by atoms with van der Waals surface area (Å²) >= 11 is 0. The van der Waals surface area contributed by atoms with Gasteiger partial charge in [0.05, 0.1) is 11.5 Å². The number of furan rings is 1. The van der Waals surface area contributed by atoms with Crippen LogP contribution in [0.25, 0.3) is 0 Å². The number of hydrogen-bond acceptors (Lipinski definition) is 5. The molecule has 2 heterocycles. The number of aryl methyl sites for hydroxylation is 1. The van der Waals surface area contributed by atoms with Crippen molar-refractivity contribution in [3.8, 4) is 0 Å². The Morgan fingerprint density at radius 1 is 1.33 bits per heavy atom. The summed E-state index contributed by atoms with van der Waals surface area (Å²) in [5.41, 5.74) is 0.147. The van der Waals surface area contributed by atoms with Gasteiger partial charge in [-0.25, -0.2) is 12.7 Å². The lowest BCUT2D eigenvalue weighted by Gasteiger charge is -2.36. The number of carboxylic acid groups (broad SMARTS) is 1. The van der Waals surface area contributed by atoms with E-state index in [9.17, 15) is 23.1 Å². The molecule has 0 aromatic carbocycles. The Balaban J connectivity index is 2.33. The Morgan fingerprint density at radius 2 is 1.96 bits per heavy atom. The van der Waals surface area contributed by atoms with Gasteiger partial charge in [-0.05, 0) is 26.7 Å². The van der Waals surface area contributed by atoms with E-state index in [0.29, 0.717) is 12.8 Å². The molecular weight excluding hydrogens is 336 g/mol. The van der Waals surface area contributed by atoms with E-state index in [0.717, 1.165) is 4.31 Å². The minimum absolute atomic E-state index is 0.107. The molecule has 8 nitrogen and oxygen atoms in total. The second kappa shape index (κ2) is 6.56. The molecule has 0 radical (unpaired) electrons. The van der Waals surface area contributed by atoms with E-state index >= 15 is 0 Å². The van der Waals surface area contributed by atoms with Crippen LogP contribution in [0.3, 0.4) is 0 Å². The molecule has 0 spiro atoms. The quantitative estimate of drug-likeness (QED) is 0.865. The van der Waals surface area contributed by atoms with Crippen LogP contribution >= 0.6 is 0 Å². The molecule has 9 heteroatoms. The molecule has 2 atom stereocenters. The highest BCUT2D eigenvalue weighted by Gasteiger charge is 2.35. The average molecular weight is 358 g/mol. The van der Waals surface area contributed by atoms with Crippen LogP contribution in [0, 0.1) is 12.8 Å². The Bertz CT molecular complexity index is 752. The summed E-state index contributed by atoms with van der Waals surface area (Å²) in [5, 5.41) is 8.88. The number of hydrogen-bond donors (Lipinski definition) is 1. The second-order valence-electron chi connectivity index (χ2n) is 6.24. The van der Waals surface area contributed by atoms with Gasteiger partial charge in [0.15, 0.2) is 0 Å². The van der Waals surface area contributed by atoms with Crippen LogP contribution in [-0.2, 0) is 14.8 Å². The van der Waals surface area contributed by atoms with Crippen molar-refractivity contribution in [1.82, 2.24) is 9.21 Å². The van der Waals surface area contributed by atoms with Crippen molar-refractivity contribution in [1.29, 1.82) is 0 Å². The summed E-state index contributed by atoms with van der Waals surface area (Å²) in [7, 11) is -1.03. The van der Waals surface area contributed by atoms with E-state index in [4.69, 9.17) is 4.42 Å². The summed E-state index contributed by atoms with van der Waals surface area (Å²) in [6.07, 6.45) is 1.10. The van der Waals surface area contributed by atoms with E-state index in [1.807, 2.05) is 6.92 Å². The topological polar surface area (TPSA) is 108 Å². The standard InChI is InChI=1S/C15H22N2O6S/c1-9-5-6-11(15(19)20)8-17(9)14(18)12-7-13(23-10(12)2)24(21,22)16(3)4/h7,9,11H,5-6,8H2,1-4H3,(H,19,20). The summed E-state index contributed by atoms with van der Waals surface area (Å²) in [6, 6.07) is 1.10. The molecule has 0 aliphatic carbocycles. The molecule has 2 rings (SSSR count). The van der Waals surface area contributed by atoms with Gasteiger partial charge in [-0.2, -0.15) is 0 Å². The van der Waals surface area contributed by atoms with Crippen LogP contribution in [0.5, 0.6) is 0 Å². The van der Waals surface area contributed by atoms with E-state index in [2.05, 4.69) is 0 Å². The van der Waals surface area contributed by atoms with E-state index in [1.165, 1.54) is 32.0 Å². The van der Waals surface area contributed by atoms with Crippen molar-refractivity contribution in [2.24, 2.45) is 5.92 Å². The zero-order valence-corrected chi connectivity index (χ0v) is 15.0. The fourth-order valence-electron chi connectivity index (χ4n) is 2.72. The molecule has 0 saturated carbocycles. The van der Waals surface area contributed by atoms with Gasteiger partial charge < -0.3 is 14.4 Å². The molecule has 1 N–H and O–H groups in total. The van der Waals surface area contributed by atoms with Gasteiger partial charge >= 0.3 is 5.97 Å². The molecule has 1 saturated heterocycles. The van der Waals surface area contributed by atoms with E-state index in [1.54, 1.807) is 0 Å². The third-order valence-electron chi connectivity index (χ3n) is 4.35. The van der Waals surface area contributed by atoms with Gasteiger partial charge in [0, 0.05) is 32.7 Å². The number of amides is 1. The third kappa shape index (κ3) is 3.32. The summed E-state index contributed by atoms with van der Waals surface area (Å²) in [6.45, 7) is 3.48. The summed E-state index contributed by atoms with van der Waals surface area (Å²) < 4.78 is 30.5. The first-order valence-electron chi connectivity index (χ1n) is 7.62. The van der Waals surface area contributed by atoms with Crippen molar-refractivity contribution < 1.29 is 27.5 Å². The Morgan fingerprint density at radius 3 is 2.50 bits per heavy atom. The smallest absolute Gasteiger partial charge is 0.308 e. The van der Waals surface area contributed by atoms with Gasteiger partial charge in [0.2, 0.25) is 5.09 Å². The third-order valence-corrected chi connectivity index (χ3v) is 6.02. The number of carbonyl (C=O) groups is 2. The van der Waals surface area contributed by atoms with Crippen molar-refractivity contribution in [3.05, 3.63) is 17.4 Å². The molecule has 2 unspecified atom stereocenters. The molecule has 1 amide bonds. The Labute approximate surface area is 141 Å². The number of carboxylic acids is 1. The molecule has 1 fully saturated rings. The number of likely N-dealkylation sites (tertiary alicyclic amines) is 1. The van der Waals surface area contributed by atoms with Gasteiger partial charge in [-0.1, -0.05) is 0 Å². The average Bonchev–Trinajstić information content (AvgIpc) is 2.89. The van der Waals surface area contributed by atoms with Crippen LogP contribution in [0.1, 0.15) is 35.9 Å². The van der Waals surface area contributed by atoms with Crippen LogP contribution < -0.4 is 0 Å². The lowest BCUT2D eigenvalue weighted by atomic mass is 9.93. The lowest BCUT2D eigenvalue weighted by molar-refractivity contribution is -0.143. The lowest BCUT2D eigenvalue weighted by Crippen LogP contribution is -2.47. The van der Waals surface area contributed by atoms with Gasteiger partial charge in [0.1, 0.15) is 5.76 Å². The molecule has 1 aromatic heterocycles. The van der Waals surface area contributed by atoms with Crippen molar-refractivity contribution >= 4 is 21.9 Å². The predicted molar refractivity (Wildman–Crippen MR) is 85.2 cm³/mol. The molecule has 1 aliphatic heterocycles. The Kier molecular flexibility index (Phi) is 5.05. The van der Waals surface area contributed by atoms with Crippen LogP contribution in [0.4, 0.5) is 0 Å². The molecule has 24 heavy (non-hydrogen) atoms. The first-order valence-corrected chi connectivity index (χ1v) is 9.06. The predicted octanol–water partition coefficient (Wildman–Crippen LogP) is 1.16. The normalized spacial score (nSPS) is 22.0. The Hall–Kier alpha value is -1.87. The maximum absolute atomic E-state index is 12.8. The fourth-order valence-corrected chi connectivity index (χ4v) is 3.58. The van der Waals surface area contributed by atoms with Gasteiger partial charge in [-0.15, -0.1) is 0 Å². The van der Waals surface area contributed by atoms with Crippen molar-refractivity contribution in [2.75, 3.05) is 20.6 Å². The van der Waals surface area contributed by atoms with Crippen molar-refractivity contribution in [3.63, 3.8) is 0 Å². The molecule has 134 valence electrons. The zero-order chi connectivity index (χ0) is 18.2. The first-order chi connectivity index (χ1) is 11.1. The van der Waals surface area contributed by atoms with Gasteiger partial charge in [-0.3, -0.25) is 9.59 Å². The minimum atomic E-state index is -3.78. The number of rotatable bonds is 4. The number of nitrogens with zero attached hydrogens (tertiary/aromatic N) is 2. The number of sulfonamides is 1. The van der Waals surface area contributed by atoms with Crippen LogP contribution in [-0.4, -0.2) is 61.3 Å². The first kappa shape index (κ1) is 18.5. The van der Waals surface area contributed by atoms with Crippen LogP contribution in [0.15, 0.2) is 15.6 Å². The highest BCUT2D eigenvalue weighted by atomic mass is 32.2. The zero-order valence-electron chi connectivity index (χ0n) is 14.1. The van der Waals surface area contributed by atoms with Gasteiger partial charge in [0.25, 0.3) is 15.9 Å². The molecule has 1 aromatic rings. The van der Waals surface area contributed by atoms with Crippen LogP contribution in [0.2, 0.25) is 0 Å².